The largest absolute Gasteiger partial charge is 0.310 e. The molecule has 1 saturated carbocycles. The van der Waals surface area contributed by atoms with Crippen molar-refractivity contribution in [2.45, 2.75) is 32.4 Å². The van der Waals surface area contributed by atoms with Crippen LogP contribution in [0.4, 0.5) is 0 Å². The summed E-state index contributed by atoms with van der Waals surface area (Å²) in [6.07, 6.45) is 8.37. The van der Waals surface area contributed by atoms with Gasteiger partial charge in [-0.3, -0.25) is 0 Å². The maximum atomic E-state index is 4.06. The van der Waals surface area contributed by atoms with Gasteiger partial charge in [-0.25, -0.2) is 4.98 Å². The van der Waals surface area contributed by atoms with Crippen molar-refractivity contribution in [2.24, 2.45) is 5.92 Å². The van der Waals surface area contributed by atoms with E-state index in [1.54, 1.807) is 6.20 Å². The Kier molecular flexibility index (Phi) is 3.15. The number of nitrogens with zero attached hydrogens (tertiary/aromatic N) is 2. The van der Waals surface area contributed by atoms with Crippen molar-refractivity contribution in [3.63, 3.8) is 0 Å². The molecule has 1 fully saturated rings. The number of benzene rings is 1. The van der Waals surface area contributed by atoms with Crippen molar-refractivity contribution in [3.05, 3.63) is 48.5 Å². The number of rotatable bonds is 5. The van der Waals surface area contributed by atoms with Gasteiger partial charge in [-0.1, -0.05) is 12.1 Å². The first-order chi connectivity index (χ1) is 8.83. The molecule has 1 atom stereocenters. The van der Waals surface area contributed by atoms with E-state index in [0.29, 0.717) is 6.04 Å². The lowest BCUT2D eigenvalue weighted by molar-refractivity contribution is 0.496. The van der Waals surface area contributed by atoms with Gasteiger partial charge in [0.25, 0.3) is 0 Å². The zero-order chi connectivity index (χ0) is 12.4. The Hall–Kier alpha value is -1.61. The van der Waals surface area contributed by atoms with Crippen LogP contribution in [0.15, 0.2) is 43.0 Å². The van der Waals surface area contributed by atoms with Crippen LogP contribution in [0, 0.1) is 5.92 Å². The summed E-state index contributed by atoms with van der Waals surface area (Å²) in [7, 11) is 0. The van der Waals surface area contributed by atoms with Crippen LogP contribution in [-0.4, -0.2) is 15.6 Å². The Morgan fingerprint density at radius 1 is 1.33 bits per heavy atom. The van der Waals surface area contributed by atoms with Gasteiger partial charge in [0.05, 0.1) is 6.33 Å². The molecule has 3 nitrogen and oxygen atoms in total. The summed E-state index contributed by atoms with van der Waals surface area (Å²) >= 11 is 0. The molecular formula is C15H19N3. The smallest absolute Gasteiger partial charge is 0.0991 e. The van der Waals surface area contributed by atoms with Crippen LogP contribution in [0.2, 0.25) is 0 Å². The van der Waals surface area contributed by atoms with E-state index in [2.05, 4.69) is 41.5 Å². The minimum absolute atomic E-state index is 0.651. The Morgan fingerprint density at radius 2 is 2.11 bits per heavy atom. The number of aromatic nitrogens is 2. The van der Waals surface area contributed by atoms with Gasteiger partial charge in [0, 0.05) is 30.7 Å². The molecule has 1 aliphatic rings. The number of imidazole rings is 1. The van der Waals surface area contributed by atoms with Crippen molar-refractivity contribution in [1.29, 1.82) is 0 Å². The van der Waals surface area contributed by atoms with Gasteiger partial charge < -0.3 is 9.88 Å². The van der Waals surface area contributed by atoms with Gasteiger partial charge in [0.1, 0.15) is 0 Å². The number of hydrogen-bond donors (Lipinski definition) is 1. The first-order valence-electron chi connectivity index (χ1n) is 6.63. The fourth-order valence-electron chi connectivity index (χ4n) is 2.24. The summed E-state index contributed by atoms with van der Waals surface area (Å²) in [4.78, 5) is 4.06. The molecule has 1 unspecified atom stereocenters. The average Bonchev–Trinajstić information content (AvgIpc) is 3.12. The number of nitrogens with one attached hydrogen (secondary N) is 1. The van der Waals surface area contributed by atoms with E-state index in [9.17, 15) is 0 Å². The molecule has 18 heavy (non-hydrogen) atoms. The summed E-state index contributed by atoms with van der Waals surface area (Å²) in [5.41, 5.74) is 2.50. The predicted molar refractivity (Wildman–Crippen MR) is 72.6 cm³/mol. The van der Waals surface area contributed by atoms with Crippen molar-refractivity contribution in [2.75, 3.05) is 0 Å². The molecule has 3 heteroatoms. The Bertz CT molecular complexity index is 483. The predicted octanol–water partition coefficient (Wildman–Crippen LogP) is 2.76. The molecule has 1 aromatic heterocycles. The van der Waals surface area contributed by atoms with Crippen LogP contribution in [0.25, 0.3) is 5.69 Å². The van der Waals surface area contributed by atoms with E-state index in [1.165, 1.54) is 18.4 Å². The van der Waals surface area contributed by atoms with Gasteiger partial charge in [0.2, 0.25) is 0 Å². The molecule has 1 heterocycles. The fraction of sp³-hybridized carbons (Fsp3) is 0.400. The van der Waals surface area contributed by atoms with Crippen LogP contribution >= 0.6 is 0 Å². The van der Waals surface area contributed by atoms with E-state index < -0.39 is 0 Å². The van der Waals surface area contributed by atoms with E-state index >= 15 is 0 Å². The molecule has 1 N–H and O–H groups in total. The van der Waals surface area contributed by atoms with Crippen LogP contribution in [0.3, 0.4) is 0 Å². The van der Waals surface area contributed by atoms with E-state index in [1.807, 2.05) is 17.1 Å². The van der Waals surface area contributed by atoms with Gasteiger partial charge >= 0.3 is 0 Å². The highest BCUT2D eigenvalue weighted by molar-refractivity contribution is 5.34. The highest BCUT2D eigenvalue weighted by Crippen LogP contribution is 2.32. The Morgan fingerprint density at radius 3 is 2.72 bits per heavy atom. The third-order valence-corrected chi connectivity index (χ3v) is 3.70. The van der Waals surface area contributed by atoms with Gasteiger partial charge in [0.15, 0.2) is 0 Å². The minimum Gasteiger partial charge on any atom is -0.310 e. The monoisotopic (exact) mass is 241 g/mol. The van der Waals surface area contributed by atoms with Crippen LogP contribution in [0.5, 0.6) is 0 Å². The van der Waals surface area contributed by atoms with Crippen molar-refractivity contribution < 1.29 is 0 Å². The van der Waals surface area contributed by atoms with Gasteiger partial charge in [-0.2, -0.15) is 0 Å². The Labute approximate surface area is 108 Å². The molecule has 1 aromatic carbocycles. The summed E-state index contributed by atoms with van der Waals surface area (Å²) in [5, 5.41) is 3.60. The molecule has 1 aliphatic carbocycles. The lowest BCUT2D eigenvalue weighted by Gasteiger charge is -2.12. The molecule has 0 saturated heterocycles. The topological polar surface area (TPSA) is 29.9 Å². The molecular weight excluding hydrogens is 222 g/mol. The van der Waals surface area contributed by atoms with Crippen LogP contribution in [-0.2, 0) is 6.54 Å². The zero-order valence-electron chi connectivity index (χ0n) is 10.7. The minimum atomic E-state index is 0.651. The molecule has 94 valence electrons. The average molecular weight is 241 g/mol. The molecule has 0 radical (unpaired) electrons. The first-order valence-corrected chi connectivity index (χ1v) is 6.63. The van der Waals surface area contributed by atoms with Gasteiger partial charge in [-0.15, -0.1) is 0 Å². The van der Waals surface area contributed by atoms with Crippen LogP contribution < -0.4 is 5.32 Å². The first kappa shape index (κ1) is 11.5. The molecule has 2 aromatic rings. The quantitative estimate of drug-likeness (QED) is 0.872. The van der Waals surface area contributed by atoms with Gasteiger partial charge in [-0.05, 0) is 43.4 Å². The van der Waals surface area contributed by atoms with Crippen molar-refractivity contribution in [1.82, 2.24) is 14.9 Å². The van der Waals surface area contributed by atoms with Crippen molar-refractivity contribution >= 4 is 0 Å². The normalized spacial score (nSPS) is 16.7. The lowest BCUT2D eigenvalue weighted by atomic mass is 10.1. The second kappa shape index (κ2) is 4.94. The zero-order valence-corrected chi connectivity index (χ0v) is 10.7. The summed E-state index contributed by atoms with van der Waals surface area (Å²) in [6.45, 7) is 3.25. The number of hydrogen-bond acceptors (Lipinski definition) is 2. The van der Waals surface area contributed by atoms with Crippen LogP contribution in [0.1, 0.15) is 25.3 Å². The maximum absolute atomic E-state index is 4.06. The fourth-order valence-corrected chi connectivity index (χ4v) is 2.24. The summed E-state index contributed by atoms with van der Waals surface area (Å²) < 4.78 is 2.02. The third kappa shape index (κ3) is 2.62. The summed E-state index contributed by atoms with van der Waals surface area (Å²) in [5.74, 6) is 0.912. The molecule has 0 spiro atoms. The molecule has 0 aliphatic heterocycles. The highest BCUT2D eigenvalue weighted by Gasteiger charge is 2.27. The molecule has 0 bridgehead atoms. The molecule has 0 amide bonds. The standard InChI is InChI=1S/C15H19N3/c1-12(14-4-5-14)17-10-13-2-6-15(7-3-13)18-9-8-16-11-18/h2-3,6-9,11-12,14,17H,4-5,10H2,1H3. The second-order valence-electron chi connectivity index (χ2n) is 5.14. The van der Waals surface area contributed by atoms with Crippen molar-refractivity contribution in [3.8, 4) is 5.69 Å². The lowest BCUT2D eigenvalue weighted by Crippen LogP contribution is -2.27. The highest BCUT2D eigenvalue weighted by atomic mass is 15.0. The SMILES string of the molecule is CC(NCc1ccc(-n2ccnc2)cc1)C1CC1. The second-order valence-corrected chi connectivity index (χ2v) is 5.14. The van der Waals surface area contributed by atoms with E-state index in [4.69, 9.17) is 0 Å². The van der Waals surface area contributed by atoms with E-state index in [0.717, 1.165) is 18.2 Å². The van der Waals surface area contributed by atoms with E-state index in [-0.39, 0.29) is 0 Å². The third-order valence-electron chi connectivity index (χ3n) is 3.70. The molecule has 3 rings (SSSR count). The summed E-state index contributed by atoms with van der Waals surface area (Å²) in [6, 6.07) is 9.29. The Balaban J connectivity index is 1.60. The maximum Gasteiger partial charge on any atom is 0.0991 e.